The van der Waals surface area contributed by atoms with Crippen LogP contribution in [0.25, 0.3) is 11.3 Å². The maximum Gasteiger partial charge on any atom is 0.0945 e. The molecule has 0 radical (unpaired) electrons. The summed E-state index contributed by atoms with van der Waals surface area (Å²) in [6.07, 6.45) is 4.90. The molecule has 0 saturated heterocycles. The Morgan fingerprint density at radius 2 is 2.38 bits per heavy atom. The summed E-state index contributed by atoms with van der Waals surface area (Å²) in [6, 6.07) is 0. The molecule has 0 aliphatic heterocycles. The third-order valence-corrected chi connectivity index (χ3v) is 3.30. The van der Waals surface area contributed by atoms with Crippen LogP contribution in [0.4, 0.5) is 0 Å². The van der Waals surface area contributed by atoms with Gasteiger partial charge in [-0.2, -0.15) is 5.10 Å². The van der Waals surface area contributed by atoms with Gasteiger partial charge in [-0.05, 0) is 14.0 Å². The summed E-state index contributed by atoms with van der Waals surface area (Å²) >= 11 is 1.71. The molecule has 0 aromatic carbocycles. The number of hydrogen-bond donors (Lipinski definition) is 1. The Bertz CT molecular complexity index is 446. The van der Waals surface area contributed by atoms with Crippen molar-refractivity contribution in [2.24, 2.45) is 0 Å². The first-order chi connectivity index (χ1) is 7.83. The molecule has 16 heavy (non-hydrogen) atoms. The van der Waals surface area contributed by atoms with E-state index in [-0.39, 0.29) is 0 Å². The van der Waals surface area contributed by atoms with Crippen LogP contribution in [-0.2, 0) is 13.0 Å². The van der Waals surface area contributed by atoms with Crippen LogP contribution in [0.5, 0.6) is 0 Å². The molecular weight excluding hydrogens is 220 g/mol. The SMILES string of the molecule is CCn1cc(-c2csc(CCNC)n2)cn1. The first kappa shape index (κ1) is 11.3. The zero-order chi connectivity index (χ0) is 11.4. The highest BCUT2D eigenvalue weighted by Gasteiger charge is 2.06. The normalized spacial score (nSPS) is 10.9. The maximum atomic E-state index is 4.59. The van der Waals surface area contributed by atoms with E-state index in [2.05, 4.69) is 27.7 Å². The largest absolute Gasteiger partial charge is 0.319 e. The molecule has 2 heterocycles. The Kier molecular flexibility index (Phi) is 3.69. The lowest BCUT2D eigenvalue weighted by Gasteiger charge is -1.93. The summed E-state index contributed by atoms with van der Waals surface area (Å²) in [6.45, 7) is 3.95. The first-order valence-corrected chi connectivity index (χ1v) is 6.33. The molecule has 0 unspecified atom stereocenters. The minimum atomic E-state index is 0.900. The van der Waals surface area contributed by atoms with Crippen molar-refractivity contribution in [2.45, 2.75) is 19.9 Å². The molecule has 0 aliphatic carbocycles. The van der Waals surface area contributed by atoms with Crippen molar-refractivity contribution in [3.63, 3.8) is 0 Å². The zero-order valence-electron chi connectivity index (χ0n) is 9.60. The van der Waals surface area contributed by atoms with E-state index in [9.17, 15) is 0 Å². The molecule has 0 amide bonds. The molecule has 4 nitrogen and oxygen atoms in total. The van der Waals surface area contributed by atoms with Crippen LogP contribution in [0.15, 0.2) is 17.8 Å². The molecule has 1 N–H and O–H groups in total. The molecule has 2 aromatic heterocycles. The highest BCUT2D eigenvalue weighted by atomic mass is 32.1. The van der Waals surface area contributed by atoms with Gasteiger partial charge in [0.05, 0.1) is 16.9 Å². The number of hydrogen-bond acceptors (Lipinski definition) is 4. The molecular formula is C11H16N4S. The van der Waals surface area contributed by atoms with Gasteiger partial charge < -0.3 is 5.32 Å². The number of aromatic nitrogens is 3. The molecule has 0 bridgehead atoms. The van der Waals surface area contributed by atoms with Crippen LogP contribution in [-0.4, -0.2) is 28.4 Å². The van der Waals surface area contributed by atoms with Crippen LogP contribution in [0.1, 0.15) is 11.9 Å². The van der Waals surface area contributed by atoms with E-state index in [1.807, 2.05) is 24.1 Å². The minimum absolute atomic E-state index is 0.900. The lowest BCUT2D eigenvalue weighted by atomic mass is 10.3. The second kappa shape index (κ2) is 5.23. The molecule has 86 valence electrons. The topological polar surface area (TPSA) is 42.7 Å². The van der Waals surface area contributed by atoms with Crippen molar-refractivity contribution in [3.8, 4) is 11.3 Å². The molecule has 0 fully saturated rings. The highest BCUT2D eigenvalue weighted by Crippen LogP contribution is 2.21. The van der Waals surface area contributed by atoms with Crippen molar-refractivity contribution < 1.29 is 0 Å². The van der Waals surface area contributed by atoms with Crippen LogP contribution in [0, 0.1) is 0 Å². The summed E-state index contributed by atoms with van der Waals surface area (Å²) in [5, 5.41) is 10.7. The number of nitrogens with one attached hydrogen (secondary N) is 1. The number of nitrogens with zero attached hydrogens (tertiary/aromatic N) is 3. The predicted octanol–water partition coefficient (Wildman–Crippen LogP) is 1.79. The van der Waals surface area contributed by atoms with E-state index >= 15 is 0 Å². The standard InChI is InChI=1S/C11H16N4S/c1-3-15-7-9(6-13-15)10-8-16-11(14-10)4-5-12-2/h6-8,12H,3-5H2,1-2H3. The second-order valence-electron chi connectivity index (χ2n) is 3.56. The van der Waals surface area contributed by atoms with Gasteiger partial charge in [-0.15, -0.1) is 11.3 Å². The average molecular weight is 236 g/mol. The number of rotatable bonds is 5. The van der Waals surface area contributed by atoms with Crippen molar-refractivity contribution in [1.82, 2.24) is 20.1 Å². The van der Waals surface area contributed by atoms with Gasteiger partial charge in [0.2, 0.25) is 0 Å². The van der Waals surface area contributed by atoms with Crippen molar-refractivity contribution in [2.75, 3.05) is 13.6 Å². The monoisotopic (exact) mass is 236 g/mol. The van der Waals surface area contributed by atoms with Gasteiger partial charge in [0.25, 0.3) is 0 Å². The fraction of sp³-hybridized carbons (Fsp3) is 0.455. The average Bonchev–Trinajstić information content (AvgIpc) is 2.94. The number of aryl methyl sites for hydroxylation is 1. The van der Waals surface area contributed by atoms with E-state index in [1.165, 1.54) is 5.01 Å². The summed E-state index contributed by atoms with van der Waals surface area (Å²) in [4.78, 5) is 4.59. The fourth-order valence-corrected chi connectivity index (χ4v) is 2.27. The summed E-state index contributed by atoms with van der Waals surface area (Å²) < 4.78 is 1.92. The van der Waals surface area contributed by atoms with Crippen molar-refractivity contribution in [3.05, 3.63) is 22.8 Å². The number of likely N-dealkylation sites (N-methyl/N-ethyl adjacent to an activating group) is 1. The quantitative estimate of drug-likeness (QED) is 0.860. The highest BCUT2D eigenvalue weighted by molar-refractivity contribution is 7.09. The van der Waals surface area contributed by atoms with Gasteiger partial charge in [0, 0.05) is 36.7 Å². The third-order valence-electron chi connectivity index (χ3n) is 2.39. The van der Waals surface area contributed by atoms with E-state index in [0.717, 1.165) is 30.8 Å². The summed E-state index contributed by atoms with van der Waals surface area (Å²) in [7, 11) is 1.96. The van der Waals surface area contributed by atoms with Gasteiger partial charge >= 0.3 is 0 Å². The van der Waals surface area contributed by atoms with Crippen LogP contribution >= 0.6 is 11.3 Å². The van der Waals surface area contributed by atoms with Crippen LogP contribution in [0.3, 0.4) is 0 Å². The van der Waals surface area contributed by atoms with Crippen molar-refractivity contribution >= 4 is 11.3 Å². The Labute approximate surface area is 99.3 Å². The fourth-order valence-electron chi connectivity index (χ4n) is 1.46. The van der Waals surface area contributed by atoms with E-state index < -0.39 is 0 Å². The summed E-state index contributed by atoms with van der Waals surface area (Å²) in [5.41, 5.74) is 2.14. The van der Waals surface area contributed by atoms with Gasteiger partial charge in [0.1, 0.15) is 0 Å². The van der Waals surface area contributed by atoms with Gasteiger partial charge in [-0.3, -0.25) is 4.68 Å². The summed E-state index contributed by atoms with van der Waals surface area (Å²) in [5.74, 6) is 0. The Hall–Kier alpha value is -1.20. The van der Waals surface area contributed by atoms with Crippen LogP contribution < -0.4 is 5.32 Å². The van der Waals surface area contributed by atoms with Crippen LogP contribution in [0.2, 0.25) is 0 Å². The number of thiazole rings is 1. The maximum absolute atomic E-state index is 4.59. The lowest BCUT2D eigenvalue weighted by molar-refractivity contribution is 0.660. The molecule has 0 atom stereocenters. The molecule has 0 spiro atoms. The molecule has 2 rings (SSSR count). The first-order valence-electron chi connectivity index (χ1n) is 5.45. The second-order valence-corrected chi connectivity index (χ2v) is 4.51. The smallest absolute Gasteiger partial charge is 0.0945 e. The Morgan fingerprint density at radius 1 is 1.50 bits per heavy atom. The van der Waals surface area contributed by atoms with Gasteiger partial charge in [0.15, 0.2) is 0 Å². The molecule has 2 aromatic rings. The zero-order valence-corrected chi connectivity index (χ0v) is 10.4. The van der Waals surface area contributed by atoms with E-state index in [4.69, 9.17) is 0 Å². The van der Waals surface area contributed by atoms with E-state index in [0.29, 0.717) is 0 Å². The molecule has 0 saturated carbocycles. The van der Waals surface area contributed by atoms with Gasteiger partial charge in [-0.25, -0.2) is 4.98 Å². The molecule has 0 aliphatic rings. The van der Waals surface area contributed by atoms with E-state index in [1.54, 1.807) is 11.3 Å². The van der Waals surface area contributed by atoms with Crippen molar-refractivity contribution in [1.29, 1.82) is 0 Å². The Morgan fingerprint density at radius 3 is 3.06 bits per heavy atom. The predicted molar refractivity (Wildman–Crippen MR) is 66.6 cm³/mol. The minimum Gasteiger partial charge on any atom is -0.319 e. The Balaban J connectivity index is 2.11. The lowest BCUT2D eigenvalue weighted by Crippen LogP contribution is -2.09. The molecule has 5 heteroatoms. The third kappa shape index (κ3) is 2.48. The van der Waals surface area contributed by atoms with Gasteiger partial charge in [-0.1, -0.05) is 0 Å².